The first kappa shape index (κ1) is 18.7. The van der Waals surface area contributed by atoms with E-state index in [4.69, 9.17) is 9.97 Å². The van der Waals surface area contributed by atoms with Crippen molar-refractivity contribution >= 4 is 0 Å². The van der Waals surface area contributed by atoms with Crippen LogP contribution in [0.2, 0.25) is 0 Å². The van der Waals surface area contributed by atoms with E-state index < -0.39 is 0 Å². The molecule has 2 aromatic heterocycles. The molecule has 0 aliphatic heterocycles. The minimum absolute atomic E-state index is 0.748. The summed E-state index contributed by atoms with van der Waals surface area (Å²) in [5.74, 6) is 1.72. The fourth-order valence-electron chi connectivity index (χ4n) is 3.77. The number of hydrogen-bond acceptors (Lipinski definition) is 5. The smallest absolute Gasteiger partial charge is 0.159 e. The van der Waals surface area contributed by atoms with E-state index >= 15 is 0 Å². The van der Waals surface area contributed by atoms with Crippen LogP contribution in [-0.2, 0) is 25.8 Å². The van der Waals surface area contributed by atoms with Gasteiger partial charge in [0, 0.05) is 54.4 Å². The van der Waals surface area contributed by atoms with Gasteiger partial charge in [-0.25, -0.2) is 19.9 Å². The maximum absolute atomic E-state index is 4.80. The highest BCUT2D eigenvalue weighted by molar-refractivity contribution is 5.55. The van der Waals surface area contributed by atoms with E-state index in [9.17, 15) is 0 Å². The molecule has 0 bridgehead atoms. The third-order valence-corrected chi connectivity index (χ3v) is 5.27. The van der Waals surface area contributed by atoms with Crippen LogP contribution in [0.1, 0.15) is 46.7 Å². The third kappa shape index (κ3) is 4.42. The molecule has 1 aromatic carbocycles. The summed E-state index contributed by atoms with van der Waals surface area (Å²) in [4.78, 5) is 18.5. The van der Waals surface area contributed by atoms with Crippen molar-refractivity contribution in [2.45, 2.75) is 52.5 Å². The van der Waals surface area contributed by atoms with E-state index in [0.717, 1.165) is 55.1 Å². The lowest BCUT2D eigenvalue weighted by molar-refractivity contribution is 0.630. The lowest BCUT2D eigenvalue weighted by Crippen LogP contribution is -2.19. The van der Waals surface area contributed by atoms with E-state index in [2.05, 4.69) is 41.3 Å². The second-order valence-corrected chi connectivity index (χ2v) is 7.57. The van der Waals surface area contributed by atoms with E-state index in [1.54, 1.807) is 0 Å². The standard InChI is InChI=1S/C23H27N5/c1-16-6-5-7-19(12-16)23-25-14-18(15-26-23)13-24-11-10-22-27-17(2)20-8-3-4-9-21(20)28-22/h5-7,12,14-15,24H,3-4,8-11,13H2,1-2H3. The monoisotopic (exact) mass is 373 g/mol. The van der Waals surface area contributed by atoms with Crippen molar-refractivity contribution < 1.29 is 0 Å². The van der Waals surface area contributed by atoms with E-state index in [-0.39, 0.29) is 0 Å². The minimum Gasteiger partial charge on any atom is -0.312 e. The van der Waals surface area contributed by atoms with Gasteiger partial charge in [0.25, 0.3) is 0 Å². The molecule has 0 radical (unpaired) electrons. The van der Waals surface area contributed by atoms with Gasteiger partial charge in [-0.1, -0.05) is 23.8 Å². The van der Waals surface area contributed by atoms with Gasteiger partial charge in [0.1, 0.15) is 5.82 Å². The summed E-state index contributed by atoms with van der Waals surface area (Å²) in [6.07, 6.45) is 9.40. The summed E-state index contributed by atoms with van der Waals surface area (Å²) >= 11 is 0. The van der Waals surface area contributed by atoms with Gasteiger partial charge in [-0.15, -0.1) is 0 Å². The Hall–Kier alpha value is -2.66. The molecule has 2 heterocycles. The first-order valence-corrected chi connectivity index (χ1v) is 10.1. The van der Waals surface area contributed by atoms with Crippen molar-refractivity contribution in [3.63, 3.8) is 0 Å². The Bertz CT molecular complexity index is 950. The Labute approximate surface area is 166 Å². The maximum atomic E-state index is 4.80. The van der Waals surface area contributed by atoms with Crippen molar-refractivity contribution in [1.82, 2.24) is 25.3 Å². The highest BCUT2D eigenvalue weighted by Crippen LogP contribution is 2.21. The van der Waals surface area contributed by atoms with Crippen LogP contribution in [-0.4, -0.2) is 26.5 Å². The van der Waals surface area contributed by atoms with Gasteiger partial charge in [-0.3, -0.25) is 0 Å². The SMILES string of the molecule is Cc1cccc(-c2ncc(CNCCc3nc(C)c4c(n3)CCCC4)cn2)c1. The number of rotatable bonds is 6. The molecule has 0 saturated heterocycles. The summed E-state index contributed by atoms with van der Waals surface area (Å²) in [6, 6.07) is 8.26. The van der Waals surface area contributed by atoms with Crippen LogP contribution in [0.4, 0.5) is 0 Å². The van der Waals surface area contributed by atoms with Gasteiger partial charge in [-0.05, 0) is 51.2 Å². The molecule has 0 spiro atoms. The molecule has 5 nitrogen and oxygen atoms in total. The zero-order valence-electron chi connectivity index (χ0n) is 16.7. The molecule has 0 fully saturated rings. The van der Waals surface area contributed by atoms with Crippen molar-refractivity contribution in [3.05, 3.63) is 70.6 Å². The number of aryl methyl sites for hydroxylation is 3. The number of nitrogens with one attached hydrogen (secondary N) is 1. The van der Waals surface area contributed by atoms with Crippen LogP contribution in [0, 0.1) is 13.8 Å². The highest BCUT2D eigenvalue weighted by atomic mass is 14.9. The lowest BCUT2D eigenvalue weighted by Gasteiger charge is -2.17. The second-order valence-electron chi connectivity index (χ2n) is 7.57. The quantitative estimate of drug-likeness (QED) is 0.667. The van der Waals surface area contributed by atoms with Crippen molar-refractivity contribution in [1.29, 1.82) is 0 Å². The zero-order chi connectivity index (χ0) is 19.3. The topological polar surface area (TPSA) is 63.6 Å². The highest BCUT2D eigenvalue weighted by Gasteiger charge is 2.15. The molecule has 0 saturated carbocycles. The molecule has 28 heavy (non-hydrogen) atoms. The molecule has 3 aromatic rings. The van der Waals surface area contributed by atoms with Crippen LogP contribution >= 0.6 is 0 Å². The van der Waals surface area contributed by atoms with Crippen LogP contribution in [0.25, 0.3) is 11.4 Å². The normalized spacial score (nSPS) is 13.4. The molecule has 1 aliphatic rings. The Morgan fingerprint density at radius 3 is 2.64 bits per heavy atom. The van der Waals surface area contributed by atoms with Gasteiger partial charge < -0.3 is 5.32 Å². The number of aromatic nitrogens is 4. The van der Waals surface area contributed by atoms with Gasteiger partial charge in [0.15, 0.2) is 5.82 Å². The summed E-state index contributed by atoms with van der Waals surface area (Å²) in [5.41, 5.74) is 7.17. The molecule has 1 N–H and O–H groups in total. The summed E-state index contributed by atoms with van der Waals surface area (Å²) in [5, 5.41) is 3.46. The largest absolute Gasteiger partial charge is 0.312 e. The van der Waals surface area contributed by atoms with Gasteiger partial charge >= 0.3 is 0 Å². The Kier molecular flexibility index (Phi) is 5.72. The minimum atomic E-state index is 0.748. The Morgan fingerprint density at radius 1 is 1.00 bits per heavy atom. The molecule has 0 unspecified atom stereocenters. The van der Waals surface area contributed by atoms with Gasteiger partial charge in [-0.2, -0.15) is 0 Å². The first-order valence-electron chi connectivity index (χ1n) is 10.1. The molecule has 1 aliphatic carbocycles. The van der Waals surface area contributed by atoms with Crippen molar-refractivity contribution in [2.24, 2.45) is 0 Å². The number of nitrogens with zero attached hydrogens (tertiary/aromatic N) is 4. The van der Waals surface area contributed by atoms with Crippen LogP contribution in [0.15, 0.2) is 36.7 Å². The van der Waals surface area contributed by atoms with Crippen LogP contribution in [0.5, 0.6) is 0 Å². The zero-order valence-corrected chi connectivity index (χ0v) is 16.7. The fraction of sp³-hybridized carbons (Fsp3) is 0.391. The first-order chi connectivity index (χ1) is 13.7. The lowest BCUT2D eigenvalue weighted by atomic mass is 9.95. The number of fused-ring (bicyclic) bond motifs is 1. The van der Waals surface area contributed by atoms with E-state index in [1.807, 2.05) is 24.5 Å². The second kappa shape index (κ2) is 8.57. The molecule has 4 rings (SSSR count). The maximum Gasteiger partial charge on any atom is 0.159 e. The molecule has 5 heteroatoms. The molecule has 0 atom stereocenters. The summed E-state index contributed by atoms with van der Waals surface area (Å²) in [6.45, 7) is 5.79. The predicted molar refractivity (Wildman–Crippen MR) is 111 cm³/mol. The predicted octanol–water partition coefficient (Wildman–Crippen LogP) is 3.76. The Balaban J connectivity index is 1.30. The summed E-state index contributed by atoms with van der Waals surface area (Å²) in [7, 11) is 0. The van der Waals surface area contributed by atoms with Crippen molar-refractivity contribution in [2.75, 3.05) is 6.54 Å². The molecular formula is C23H27N5. The molecule has 0 amide bonds. The average molecular weight is 374 g/mol. The Morgan fingerprint density at radius 2 is 1.82 bits per heavy atom. The van der Waals surface area contributed by atoms with Gasteiger partial charge in [0.05, 0.1) is 0 Å². The van der Waals surface area contributed by atoms with Crippen LogP contribution < -0.4 is 5.32 Å². The average Bonchev–Trinajstić information content (AvgIpc) is 2.72. The fourth-order valence-corrected chi connectivity index (χ4v) is 3.77. The van der Waals surface area contributed by atoms with Crippen molar-refractivity contribution in [3.8, 4) is 11.4 Å². The molecular weight excluding hydrogens is 346 g/mol. The third-order valence-electron chi connectivity index (χ3n) is 5.27. The number of hydrogen-bond donors (Lipinski definition) is 1. The number of benzene rings is 1. The van der Waals surface area contributed by atoms with Crippen LogP contribution in [0.3, 0.4) is 0 Å². The summed E-state index contributed by atoms with van der Waals surface area (Å²) < 4.78 is 0. The van der Waals surface area contributed by atoms with E-state index in [0.29, 0.717) is 0 Å². The molecule has 144 valence electrons. The van der Waals surface area contributed by atoms with E-state index in [1.165, 1.54) is 35.4 Å². The van der Waals surface area contributed by atoms with Gasteiger partial charge in [0.2, 0.25) is 0 Å².